The second-order valence-corrected chi connectivity index (χ2v) is 7.10. The van der Waals surface area contributed by atoms with Crippen molar-refractivity contribution < 1.29 is 0 Å². The Balaban J connectivity index is 1.44. The molecular weight excluding hydrogens is 320 g/mol. The average Bonchev–Trinajstić information content (AvgIpc) is 2.68. The number of hydrogen-bond acceptors (Lipinski definition) is 4. The number of nitrogens with one attached hydrogen (secondary N) is 1. The van der Waals surface area contributed by atoms with Crippen LogP contribution in [0.4, 0.5) is 11.4 Å². The molecule has 3 aromatic rings. The standard InChI is InChI=1S/C22H26N4/c1-25-13-15-26(16-14-25)12-10-18-5-4-6-19(17-18)24-22-9-11-23-21-8-3-2-7-20(21)22/h2-9,11,17H,10,12-16H2,1H3,(H,23,24). The number of nitrogens with zero attached hydrogens (tertiary/aromatic N) is 3. The Morgan fingerprint density at radius 3 is 2.69 bits per heavy atom. The molecule has 0 radical (unpaired) electrons. The van der Waals surface area contributed by atoms with E-state index in [2.05, 4.69) is 63.5 Å². The number of pyridine rings is 1. The molecule has 0 aliphatic carbocycles. The monoisotopic (exact) mass is 346 g/mol. The minimum absolute atomic E-state index is 1.02. The molecule has 0 spiro atoms. The quantitative estimate of drug-likeness (QED) is 0.762. The number of hydrogen-bond donors (Lipinski definition) is 1. The maximum Gasteiger partial charge on any atom is 0.0722 e. The maximum atomic E-state index is 4.44. The second-order valence-electron chi connectivity index (χ2n) is 7.10. The molecule has 0 unspecified atom stereocenters. The first-order valence-corrected chi connectivity index (χ1v) is 9.38. The molecule has 1 aliphatic rings. The van der Waals surface area contributed by atoms with E-state index >= 15 is 0 Å². The summed E-state index contributed by atoms with van der Waals surface area (Å²) < 4.78 is 0. The minimum Gasteiger partial charge on any atom is -0.355 e. The third kappa shape index (κ3) is 4.03. The molecule has 4 nitrogen and oxygen atoms in total. The van der Waals surface area contributed by atoms with Gasteiger partial charge >= 0.3 is 0 Å². The highest BCUT2D eigenvalue weighted by Gasteiger charge is 2.13. The predicted octanol–water partition coefficient (Wildman–Crippen LogP) is 3.77. The summed E-state index contributed by atoms with van der Waals surface area (Å²) in [6.07, 6.45) is 2.96. The van der Waals surface area contributed by atoms with Gasteiger partial charge in [-0.05, 0) is 43.3 Å². The molecule has 2 heterocycles. The van der Waals surface area contributed by atoms with E-state index in [9.17, 15) is 0 Å². The normalized spacial score (nSPS) is 16.0. The highest BCUT2D eigenvalue weighted by Crippen LogP contribution is 2.25. The van der Waals surface area contributed by atoms with Crippen molar-refractivity contribution >= 4 is 22.3 Å². The summed E-state index contributed by atoms with van der Waals surface area (Å²) in [5.74, 6) is 0. The Labute approximate surface area is 155 Å². The second kappa shape index (κ2) is 7.85. The molecule has 1 aromatic heterocycles. The van der Waals surface area contributed by atoms with Crippen LogP contribution in [-0.4, -0.2) is 54.6 Å². The largest absolute Gasteiger partial charge is 0.355 e. The number of aromatic nitrogens is 1. The fraction of sp³-hybridized carbons (Fsp3) is 0.318. The first kappa shape index (κ1) is 17.0. The first-order valence-electron chi connectivity index (χ1n) is 9.38. The van der Waals surface area contributed by atoms with E-state index in [1.165, 1.54) is 31.7 Å². The highest BCUT2D eigenvalue weighted by atomic mass is 15.2. The molecule has 4 heteroatoms. The summed E-state index contributed by atoms with van der Waals surface area (Å²) in [6, 6.07) is 19.1. The topological polar surface area (TPSA) is 31.4 Å². The van der Waals surface area contributed by atoms with E-state index in [4.69, 9.17) is 0 Å². The lowest BCUT2D eigenvalue weighted by Gasteiger charge is -2.32. The molecule has 0 bridgehead atoms. The van der Waals surface area contributed by atoms with Gasteiger partial charge in [-0.3, -0.25) is 4.98 Å². The Kier molecular flexibility index (Phi) is 5.14. The van der Waals surface area contributed by atoms with Gasteiger partial charge in [0, 0.05) is 55.7 Å². The van der Waals surface area contributed by atoms with Crippen LogP contribution in [0.3, 0.4) is 0 Å². The van der Waals surface area contributed by atoms with Crippen LogP contribution in [0.1, 0.15) is 5.56 Å². The smallest absolute Gasteiger partial charge is 0.0722 e. The van der Waals surface area contributed by atoms with Gasteiger partial charge in [-0.15, -0.1) is 0 Å². The van der Waals surface area contributed by atoms with Crippen molar-refractivity contribution in [2.75, 3.05) is 45.1 Å². The SMILES string of the molecule is CN1CCN(CCc2cccc(Nc3ccnc4ccccc34)c2)CC1. The van der Waals surface area contributed by atoms with Crippen LogP contribution in [0.25, 0.3) is 10.9 Å². The number of piperazine rings is 1. The van der Waals surface area contributed by atoms with Crippen molar-refractivity contribution in [3.05, 3.63) is 66.4 Å². The molecule has 1 saturated heterocycles. The number of fused-ring (bicyclic) bond motifs is 1. The molecule has 4 rings (SSSR count). The Morgan fingerprint density at radius 1 is 0.962 bits per heavy atom. The van der Waals surface area contributed by atoms with Crippen LogP contribution in [0.5, 0.6) is 0 Å². The Bertz CT molecular complexity index is 863. The molecule has 1 N–H and O–H groups in total. The minimum atomic E-state index is 1.02. The van der Waals surface area contributed by atoms with Gasteiger partial charge in [0.05, 0.1) is 5.52 Å². The van der Waals surface area contributed by atoms with Gasteiger partial charge < -0.3 is 15.1 Å². The van der Waals surface area contributed by atoms with Gasteiger partial charge in [-0.1, -0.05) is 30.3 Å². The molecule has 2 aromatic carbocycles. The van der Waals surface area contributed by atoms with Crippen molar-refractivity contribution in [3.63, 3.8) is 0 Å². The number of likely N-dealkylation sites (N-methyl/N-ethyl adjacent to an activating group) is 1. The van der Waals surface area contributed by atoms with Gasteiger partial charge in [0.25, 0.3) is 0 Å². The first-order chi connectivity index (χ1) is 12.8. The van der Waals surface area contributed by atoms with Gasteiger partial charge in [0.1, 0.15) is 0 Å². The summed E-state index contributed by atoms with van der Waals surface area (Å²) in [5, 5.41) is 4.72. The Hall–Kier alpha value is -2.43. The van der Waals surface area contributed by atoms with E-state index in [1.807, 2.05) is 24.4 Å². The zero-order valence-electron chi connectivity index (χ0n) is 15.4. The van der Waals surface area contributed by atoms with E-state index in [0.717, 1.165) is 35.2 Å². The van der Waals surface area contributed by atoms with E-state index < -0.39 is 0 Å². The number of rotatable bonds is 5. The average molecular weight is 346 g/mol. The van der Waals surface area contributed by atoms with Crippen LogP contribution in [0, 0.1) is 0 Å². The molecule has 0 amide bonds. The van der Waals surface area contributed by atoms with Crippen molar-refractivity contribution in [2.45, 2.75) is 6.42 Å². The molecule has 1 aliphatic heterocycles. The van der Waals surface area contributed by atoms with Crippen LogP contribution in [0.2, 0.25) is 0 Å². The summed E-state index contributed by atoms with van der Waals surface area (Å²) in [5.41, 5.74) is 4.64. The predicted molar refractivity (Wildman–Crippen MR) is 109 cm³/mol. The zero-order valence-corrected chi connectivity index (χ0v) is 15.4. The van der Waals surface area contributed by atoms with Gasteiger partial charge in [-0.2, -0.15) is 0 Å². The fourth-order valence-electron chi connectivity index (χ4n) is 3.52. The van der Waals surface area contributed by atoms with Crippen molar-refractivity contribution in [3.8, 4) is 0 Å². The van der Waals surface area contributed by atoms with Gasteiger partial charge in [0.2, 0.25) is 0 Å². The lowest BCUT2D eigenvalue weighted by Crippen LogP contribution is -2.45. The zero-order chi connectivity index (χ0) is 17.8. The summed E-state index contributed by atoms with van der Waals surface area (Å²) >= 11 is 0. The number of para-hydroxylation sites is 1. The van der Waals surface area contributed by atoms with E-state index in [-0.39, 0.29) is 0 Å². The van der Waals surface area contributed by atoms with E-state index in [0.29, 0.717) is 0 Å². The van der Waals surface area contributed by atoms with E-state index in [1.54, 1.807) is 0 Å². The van der Waals surface area contributed by atoms with Gasteiger partial charge in [-0.25, -0.2) is 0 Å². The lowest BCUT2D eigenvalue weighted by atomic mass is 10.1. The molecule has 1 fully saturated rings. The van der Waals surface area contributed by atoms with Crippen LogP contribution < -0.4 is 5.32 Å². The van der Waals surface area contributed by atoms with Crippen molar-refractivity contribution in [1.29, 1.82) is 0 Å². The van der Waals surface area contributed by atoms with Crippen LogP contribution in [-0.2, 0) is 6.42 Å². The number of anilines is 2. The van der Waals surface area contributed by atoms with Gasteiger partial charge in [0.15, 0.2) is 0 Å². The van der Waals surface area contributed by atoms with Crippen molar-refractivity contribution in [2.24, 2.45) is 0 Å². The Morgan fingerprint density at radius 2 is 1.81 bits per heavy atom. The molecule has 0 saturated carbocycles. The van der Waals surface area contributed by atoms with Crippen LogP contribution >= 0.6 is 0 Å². The number of benzene rings is 2. The third-order valence-corrected chi connectivity index (χ3v) is 5.17. The lowest BCUT2D eigenvalue weighted by molar-refractivity contribution is 0.155. The van der Waals surface area contributed by atoms with Crippen LogP contribution in [0.15, 0.2) is 60.8 Å². The summed E-state index contributed by atoms with van der Waals surface area (Å²) in [4.78, 5) is 9.41. The molecule has 26 heavy (non-hydrogen) atoms. The summed E-state index contributed by atoms with van der Waals surface area (Å²) in [7, 11) is 2.20. The maximum absolute atomic E-state index is 4.44. The molecule has 0 atom stereocenters. The highest BCUT2D eigenvalue weighted by molar-refractivity contribution is 5.92. The third-order valence-electron chi connectivity index (χ3n) is 5.17. The molecular formula is C22H26N4. The molecule has 134 valence electrons. The fourth-order valence-corrected chi connectivity index (χ4v) is 3.52. The van der Waals surface area contributed by atoms with Crippen molar-refractivity contribution in [1.82, 2.24) is 14.8 Å². The summed E-state index contributed by atoms with van der Waals surface area (Å²) in [6.45, 7) is 5.85.